The smallest absolute Gasteiger partial charge is 0.189 e. The maximum atomic E-state index is 12.2. The van der Waals surface area contributed by atoms with Gasteiger partial charge < -0.3 is 38.7 Å². The Morgan fingerprint density at radius 3 is 1.17 bits per heavy atom. The summed E-state index contributed by atoms with van der Waals surface area (Å²) in [6, 6.07) is 17.5. The molecule has 48 heavy (non-hydrogen) atoms. The quantitative estimate of drug-likeness (QED) is 0.162. The Kier molecular flexibility index (Phi) is 16.0. The van der Waals surface area contributed by atoms with E-state index in [4.69, 9.17) is 18.9 Å². The predicted octanol–water partition coefficient (Wildman–Crippen LogP) is 3.03. The summed E-state index contributed by atoms with van der Waals surface area (Å²) in [5, 5.41) is 18.8. The van der Waals surface area contributed by atoms with Crippen LogP contribution in [-0.2, 0) is 9.59 Å². The van der Waals surface area contributed by atoms with Gasteiger partial charge in [-0.25, -0.2) is 0 Å². The van der Waals surface area contributed by atoms with Crippen molar-refractivity contribution in [3.63, 3.8) is 0 Å². The number of rotatable bonds is 12. The van der Waals surface area contributed by atoms with E-state index in [0.29, 0.717) is 46.3 Å². The van der Waals surface area contributed by atoms with E-state index >= 15 is 0 Å². The topological polar surface area (TPSA) is 177 Å². The van der Waals surface area contributed by atoms with Crippen LogP contribution in [0.1, 0.15) is 31.8 Å². The lowest BCUT2D eigenvalue weighted by Crippen LogP contribution is -2.23. The molecule has 0 fully saturated rings. The highest BCUT2D eigenvalue weighted by Crippen LogP contribution is 2.26. The molecule has 0 unspecified atom stereocenters. The standard InChI is InChI=1S/2C16H15NO3.C4H4O4/c2*1-19-13-4-5-14(16(11-13)20-2)15(18)6-3-12-7-9-17-10-8-12;5-3(6)1-2-4(7)8/h2*3-11H,1-2H3;1-2H,(H,5,6)(H,7,8)/p-2/b2*6-3+;2-1-. The fourth-order valence-electron chi connectivity index (χ4n) is 3.61. The molecule has 2 aromatic heterocycles. The van der Waals surface area contributed by atoms with E-state index in [2.05, 4.69) is 9.97 Å². The Balaban J connectivity index is 0.000000274. The maximum Gasteiger partial charge on any atom is 0.189 e. The normalized spacial score (nSPS) is 10.3. The second-order valence-electron chi connectivity index (χ2n) is 9.06. The van der Waals surface area contributed by atoms with E-state index in [-0.39, 0.29) is 11.6 Å². The van der Waals surface area contributed by atoms with E-state index in [1.807, 2.05) is 24.3 Å². The third-order valence-corrected chi connectivity index (χ3v) is 5.97. The number of ketones is 2. The summed E-state index contributed by atoms with van der Waals surface area (Å²) in [7, 11) is 6.19. The lowest BCUT2D eigenvalue weighted by Gasteiger charge is -2.07. The van der Waals surface area contributed by atoms with Crippen LogP contribution in [-0.4, -0.2) is 61.9 Å². The molecule has 0 spiro atoms. The molecule has 248 valence electrons. The van der Waals surface area contributed by atoms with E-state index in [1.165, 1.54) is 26.4 Å². The van der Waals surface area contributed by atoms with E-state index in [1.54, 1.807) is 87.6 Å². The SMILES string of the molecule is COc1ccc(C(=O)/C=C/c2ccncc2)c(OC)c1.COc1ccc(C(=O)/C=C/c2ccncc2)c(OC)c1.O=C([O-])/C=C\C(=O)[O-]. The van der Waals surface area contributed by atoms with Crippen LogP contribution in [0.15, 0.2) is 110 Å². The van der Waals surface area contributed by atoms with Crippen molar-refractivity contribution < 1.29 is 48.3 Å². The van der Waals surface area contributed by atoms with Crippen LogP contribution >= 0.6 is 0 Å². The first kappa shape index (κ1) is 37.6. The van der Waals surface area contributed by atoms with Crippen LogP contribution in [0.5, 0.6) is 23.0 Å². The van der Waals surface area contributed by atoms with E-state index in [9.17, 15) is 29.4 Å². The first-order valence-corrected chi connectivity index (χ1v) is 13.9. The number of hydrogen-bond donors (Lipinski definition) is 0. The molecule has 0 saturated heterocycles. The van der Waals surface area contributed by atoms with Crippen LogP contribution in [0.3, 0.4) is 0 Å². The average Bonchev–Trinajstić information content (AvgIpc) is 3.12. The van der Waals surface area contributed by atoms with Gasteiger partial charge in [-0.05, 0) is 84.0 Å². The minimum Gasteiger partial charge on any atom is -0.545 e. The van der Waals surface area contributed by atoms with Crippen molar-refractivity contribution in [2.75, 3.05) is 28.4 Å². The Labute approximate surface area is 277 Å². The van der Waals surface area contributed by atoms with Gasteiger partial charge in [0.15, 0.2) is 11.6 Å². The third kappa shape index (κ3) is 13.2. The minimum absolute atomic E-state index is 0.124. The molecule has 12 nitrogen and oxygen atoms in total. The second kappa shape index (κ2) is 20.5. The Hall–Kier alpha value is -6.56. The van der Waals surface area contributed by atoms with Crippen molar-refractivity contribution in [2.45, 2.75) is 0 Å². The number of allylic oxidation sites excluding steroid dienone is 2. The predicted molar refractivity (Wildman–Crippen MR) is 173 cm³/mol. The molecule has 0 radical (unpaired) electrons. The molecule has 0 bridgehead atoms. The molecule has 0 aliphatic heterocycles. The molecule has 0 aliphatic rings. The van der Waals surface area contributed by atoms with Crippen molar-refractivity contribution in [3.8, 4) is 23.0 Å². The largest absolute Gasteiger partial charge is 0.545 e. The van der Waals surface area contributed by atoms with Crippen LogP contribution in [0, 0.1) is 0 Å². The molecule has 12 heteroatoms. The number of carboxylic acids is 2. The number of benzene rings is 2. The third-order valence-electron chi connectivity index (χ3n) is 5.97. The number of ether oxygens (including phenoxy) is 4. The van der Waals surface area contributed by atoms with Gasteiger partial charge >= 0.3 is 0 Å². The van der Waals surface area contributed by atoms with E-state index in [0.717, 1.165) is 11.1 Å². The molecular formula is C36H32N2O10-2. The van der Waals surface area contributed by atoms with Crippen molar-refractivity contribution in [1.29, 1.82) is 0 Å². The zero-order valence-electron chi connectivity index (χ0n) is 26.5. The molecule has 0 aliphatic carbocycles. The number of hydrogen-bond acceptors (Lipinski definition) is 12. The summed E-state index contributed by atoms with van der Waals surface area (Å²) in [4.78, 5) is 51.0. The average molecular weight is 653 g/mol. The Morgan fingerprint density at radius 2 is 0.875 bits per heavy atom. The lowest BCUT2D eigenvalue weighted by atomic mass is 10.1. The number of carbonyl (C=O) groups is 4. The first-order chi connectivity index (χ1) is 23.1. The van der Waals surface area contributed by atoms with Crippen LogP contribution in [0.2, 0.25) is 0 Å². The summed E-state index contributed by atoms with van der Waals surface area (Å²) in [5.74, 6) is -1.05. The van der Waals surface area contributed by atoms with Gasteiger partial charge in [0.2, 0.25) is 0 Å². The molecule has 0 saturated carbocycles. The summed E-state index contributed by atoms with van der Waals surface area (Å²) < 4.78 is 20.6. The summed E-state index contributed by atoms with van der Waals surface area (Å²) >= 11 is 0. The van der Waals surface area contributed by atoms with Gasteiger partial charge in [0, 0.05) is 36.9 Å². The number of carboxylic acid groups (broad SMARTS) is 2. The molecule has 0 amide bonds. The highest BCUT2D eigenvalue weighted by atomic mass is 16.5. The molecule has 0 N–H and O–H groups in total. The van der Waals surface area contributed by atoms with Crippen LogP contribution in [0.25, 0.3) is 12.2 Å². The molecule has 4 rings (SSSR count). The van der Waals surface area contributed by atoms with Gasteiger partial charge in [-0.15, -0.1) is 0 Å². The van der Waals surface area contributed by atoms with Crippen molar-refractivity contribution in [2.24, 2.45) is 0 Å². The van der Waals surface area contributed by atoms with Gasteiger partial charge in [-0.1, -0.05) is 12.2 Å². The van der Waals surface area contributed by atoms with Gasteiger partial charge in [0.25, 0.3) is 0 Å². The molecule has 4 aromatic rings. The Bertz CT molecular complexity index is 1620. The number of methoxy groups -OCH3 is 4. The first-order valence-electron chi connectivity index (χ1n) is 13.9. The molecule has 0 atom stereocenters. The minimum atomic E-state index is -1.55. The van der Waals surface area contributed by atoms with E-state index < -0.39 is 11.9 Å². The second-order valence-corrected chi connectivity index (χ2v) is 9.06. The molecule has 2 heterocycles. The summed E-state index contributed by atoms with van der Waals surface area (Å²) in [5.41, 5.74) is 2.83. The Morgan fingerprint density at radius 1 is 0.521 bits per heavy atom. The fraction of sp³-hybridized carbons (Fsp3) is 0.111. The molecule has 2 aromatic carbocycles. The van der Waals surface area contributed by atoms with Crippen molar-refractivity contribution >= 4 is 35.7 Å². The van der Waals surface area contributed by atoms with Gasteiger partial charge in [-0.2, -0.15) is 0 Å². The van der Waals surface area contributed by atoms with Gasteiger partial charge in [-0.3, -0.25) is 19.6 Å². The number of nitrogens with zero attached hydrogens (tertiary/aromatic N) is 2. The van der Waals surface area contributed by atoms with Gasteiger partial charge in [0.1, 0.15) is 23.0 Å². The highest BCUT2D eigenvalue weighted by molar-refractivity contribution is 6.09. The van der Waals surface area contributed by atoms with Crippen LogP contribution < -0.4 is 29.2 Å². The maximum absolute atomic E-state index is 12.2. The number of carbonyl (C=O) groups excluding carboxylic acids is 4. The molecular weight excluding hydrogens is 620 g/mol. The van der Waals surface area contributed by atoms with Crippen molar-refractivity contribution in [3.05, 3.63) is 132 Å². The fourth-order valence-corrected chi connectivity index (χ4v) is 3.61. The summed E-state index contributed by atoms with van der Waals surface area (Å²) in [6.07, 6.45) is 14.0. The monoisotopic (exact) mass is 652 g/mol. The number of pyridine rings is 2. The zero-order chi connectivity index (χ0) is 35.3. The highest BCUT2D eigenvalue weighted by Gasteiger charge is 2.11. The number of aliphatic carboxylic acids is 2. The van der Waals surface area contributed by atoms with Crippen molar-refractivity contribution in [1.82, 2.24) is 9.97 Å². The number of aromatic nitrogens is 2. The van der Waals surface area contributed by atoms with Crippen LogP contribution in [0.4, 0.5) is 0 Å². The summed E-state index contributed by atoms with van der Waals surface area (Å²) in [6.45, 7) is 0. The zero-order valence-corrected chi connectivity index (χ0v) is 26.5. The lowest BCUT2D eigenvalue weighted by molar-refractivity contribution is -0.301. The van der Waals surface area contributed by atoms with Gasteiger partial charge in [0.05, 0.1) is 51.5 Å².